The Morgan fingerprint density at radius 3 is 2.50 bits per heavy atom. The van der Waals surface area contributed by atoms with Crippen LogP contribution < -0.4 is 9.47 Å². The maximum atomic E-state index is 12.9. The number of ether oxygens (including phenoxy) is 2. The SMILES string of the molecule is COc1ccc(C2CCCCN(C(=O)c3cccc(OC(F)(F)F)c3)C2)cc1. The van der Waals surface area contributed by atoms with Crippen LogP contribution in [0.1, 0.15) is 41.1 Å². The zero-order valence-electron chi connectivity index (χ0n) is 15.5. The molecule has 1 heterocycles. The molecule has 7 heteroatoms. The van der Waals surface area contributed by atoms with Crippen LogP contribution in [0.3, 0.4) is 0 Å². The van der Waals surface area contributed by atoms with E-state index in [1.807, 2.05) is 24.3 Å². The van der Waals surface area contributed by atoms with E-state index in [0.29, 0.717) is 13.1 Å². The van der Waals surface area contributed by atoms with Crippen LogP contribution in [0.5, 0.6) is 11.5 Å². The third-order valence-corrected chi connectivity index (χ3v) is 4.86. The van der Waals surface area contributed by atoms with E-state index in [9.17, 15) is 18.0 Å². The van der Waals surface area contributed by atoms with Crippen molar-refractivity contribution in [2.45, 2.75) is 31.5 Å². The Labute approximate surface area is 161 Å². The van der Waals surface area contributed by atoms with Crippen LogP contribution in [0.25, 0.3) is 0 Å². The van der Waals surface area contributed by atoms with E-state index in [-0.39, 0.29) is 23.1 Å². The van der Waals surface area contributed by atoms with E-state index in [1.54, 1.807) is 12.0 Å². The molecule has 1 unspecified atom stereocenters. The topological polar surface area (TPSA) is 38.8 Å². The highest BCUT2D eigenvalue weighted by Crippen LogP contribution is 2.29. The minimum absolute atomic E-state index is 0.173. The van der Waals surface area contributed by atoms with Crippen molar-refractivity contribution in [2.75, 3.05) is 20.2 Å². The molecule has 1 fully saturated rings. The monoisotopic (exact) mass is 393 g/mol. The lowest BCUT2D eigenvalue weighted by Gasteiger charge is -2.25. The fraction of sp³-hybridized carbons (Fsp3) is 0.381. The molecule has 0 saturated carbocycles. The summed E-state index contributed by atoms with van der Waals surface area (Å²) in [5.74, 6) is 0.270. The van der Waals surface area contributed by atoms with Gasteiger partial charge in [0.2, 0.25) is 0 Å². The largest absolute Gasteiger partial charge is 0.573 e. The van der Waals surface area contributed by atoms with Gasteiger partial charge in [0.05, 0.1) is 7.11 Å². The van der Waals surface area contributed by atoms with E-state index < -0.39 is 6.36 Å². The molecule has 3 rings (SSSR count). The van der Waals surface area contributed by atoms with Gasteiger partial charge < -0.3 is 14.4 Å². The average molecular weight is 393 g/mol. The molecule has 1 aliphatic rings. The summed E-state index contributed by atoms with van der Waals surface area (Å²) in [6, 6.07) is 13.0. The molecule has 4 nitrogen and oxygen atoms in total. The van der Waals surface area contributed by atoms with E-state index in [4.69, 9.17) is 4.74 Å². The molecule has 1 saturated heterocycles. The molecule has 28 heavy (non-hydrogen) atoms. The highest BCUT2D eigenvalue weighted by atomic mass is 19.4. The number of hydrogen-bond acceptors (Lipinski definition) is 3. The van der Waals surface area contributed by atoms with Crippen molar-refractivity contribution in [2.24, 2.45) is 0 Å². The first-order chi connectivity index (χ1) is 13.4. The fourth-order valence-electron chi connectivity index (χ4n) is 3.48. The number of alkyl halides is 3. The smallest absolute Gasteiger partial charge is 0.497 e. The number of methoxy groups -OCH3 is 1. The zero-order chi connectivity index (χ0) is 20.1. The number of likely N-dealkylation sites (tertiary alicyclic amines) is 1. The summed E-state index contributed by atoms with van der Waals surface area (Å²) in [5.41, 5.74) is 1.31. The highest BCUT2D eigenvalue weighted by Gasteiger charge is 2.31. The molecule has 0 radical (unpaired) electrons. The van der Waals surface area contributed by atoms with Gasteiger partial charge in [-0.25, -0.2) is 0 Å². The highest BCUT2D eigenvalue weighted by molar-refractivity contribution is 5.94. The molecule has 2 aromatic rings. The Hall–Kier alpha value is -2.70. The third-order valence-electron chi connectivity index (χ3n) is 4.86. The van der Waals surface area contributed by atoms with Crippen LogP contribution in [0, 0.1) is 0 Å². The van der Waals surface area contributed by atoms with Crippen molar-refractivity contribution in [1.82, 2.24) is 4.90 Å². The number of halogens is 3. The van der Waals surface area contributed by atoms with Crippen LogP contribution in [0.2, 0.25) is 0 Å². The van der Waals surface area contributed by atoms with Crippen LogP contribution in [0.4, 0.5) is 13.2 Å². The van der Waals surface area contributed by atoms with Crippen molar-refractivity contribution in [3.05, 3.63) is 59.7 Å². The summed E-state index contributed by atoms with van der Waals surface area (Å²) in [5, 5.41) is 0. The summed E-state index contributed by atoms with van der Waals surface area (Å²) in [6.07, 6.45) is -1.99. The molecule has 150 valence electrons. The molecule has 0 N–H and O–H groups in total. The molecular formula is C21H22F3NO3. The number of benzene rings is 2. The minimum atomic E-state index is -4.79. The maximum absolute atomic E-state index is 12.9. The Balaban J connectivity index is 1.76. The zero-order valence-corrected chi connectivity index (χ0v) is 15.5. The number of nitrogens with zero attached hydrogens (tertiary/aromatic N) is 1. The molecule has 0 aromatic heterocycles. The Bertz CT molecular complexity index is 805. The standard InChI is InChI=1S/C21H22F3NO3/c1-27-18-10-8-15(9-11-18)17-5-2-3-12-25(14-17)20(26)16-6-4-7-19(13-16)28-21(22,23)24/h4,6-11,13,17H,2-3,5,12,14H2,1H3. The number of hydrogen-bond donors (Lipinski definition) is 0. The molecule has 0 spiro atoms. The van der Waals surface area contributed by atoms with Crippen LogP contribution in [0.15, 0.2) is 48.5 Å². The number of carbonyl (C=O) groups excluding carboxylic acids is 1. The minimum Gasteiger partial charge on any atom is -0.497 e. The van der Waals surface area contributed by atoms with Gasteiger partial charge in [-0.2, -0.15) is 0 Å². The Kier molecular flexibility index (Phi) is 6.11. The molecular weight excluding hydrogens is 371 g/mol. The first-order valence-electron chi connectivity index (χ1n) is 9.15. The van der Waals surface area contributed by atoms with Crippen molar-refractivity contribution >= 4 is 5.91 Å². The van der Waals surface area contributed by atoms with Crippen LogP contribution in [-0.2, 0) is 0 Å². The summed E-state index contributed by atoms with van der Waals surface area (Å²) >= 11 is 0. The molecule has 0 bridgehead atoms. The van der Waals surface area contributed by atoms with Gasteiger partial charge in [0.25, 0.3) is 5.91 Å². The normalized spacial score (nSPS) is 17.7. The second kappa shape index (κ2) is 8.54. The second-order valence-electron chi connectivity index (χ2n) is 6.79. The first kappa shape index (κ1) is 20.0. The van der Waals surface area contributed by atoms with E-state index in [0.717, 1.165) is 36.6 Å². The summed E-state index contributed by atoms with van der Waals surface area (Å²) in [6.45, 7) is 1.10. The summed E-state index contributed by atoms with van der Waals surface area (Å²) in [4.78, 5) is 14.6. The van der Waals surface area contributed by atoms with E-state index >= 15 is 0 Å². The molecule has 2 aromatic carbocycles. The van der Waals surface area contributed by atoms with Gasteiger partial charge in [0.1, 0.15) is 11.5 Å². The van der Waals surface area contributed by atoms with Crippen molar-refractivity contribution in [3.8, 4) is 11.5 Å². The van der Waals surface area contributed by atoms with Gasteiger partial charge in [-0.15, -0.1) is 13.2 Å². The lowest BCUT2D eigenvalue weighted by atomic mass is 9.94. The van der Waals surface area contributed by atoms with Crippen molar-refractivity contribution < 1.29 is 27.4 Å². The number of amides is 1. The van der Waals surface area contributed by atoms with Gasteiger partial charge in [0, 0.05) is 24.6 Å². The number of carbonyl (C=O) groups is 1. The molecule has 1 aliphatic heterocycles. The average Bonchev–Trinajstić information content (AvgIpc) is 2.92. The molecule has 1 amide bonds. The predicted molar refractivity (Wildman–Crippen MR) is 98.6 cm³/mol. The summed E-state index contributed by atoms with van der Waals surface area (Å²) in [7, 11) is 1.61. The number of rotatable bonds is 4. The van der Waals surface area contributed by atoms with E-state index in [2.05, 4.69) is 4.74 Å². The first-order valence-corrected chi connectivity index (χ1v) is 9.15. The van der Waals surface area contributed by atoms with Gasteiger partial charge in [-0.1, -0.05) is 24.6 Å². The molecule has 0 aliphatic carbocycles. The van der Waals surface area contributed by atoms with Gasteiger partial charge in [-0.3, -0.25) is 4.79 Å². The van der Waals surface area contributed by atoms with E-state index in [1.165, 1.54) is 18.2 Å². The van der Waals surface area contributed by atoms with Crippen molar-refractivity contribution in [3.63, 3.8) is 0 Å². The summed E-state index contributed by atoms with van der Waals surface area (Å²) < 4.78 is 46.5. The fourth-order valence-corrected chi connectivity index (χ4v) is 3.48. The van der Waals surface area contributed by atoms with Gasteiger partial charge in [0.15, 0.2) is 0 Å². The Morgan fingerprint density at radius 2 is 1.82 bits per heavy atom. The Morgan fingerprint density at radius 1 is 1.07 bits per heavy atom. The van der Waals surface area contributed by atoms with Gasteiger partial charge >= 0.3 is 6.36 Å². The maximum Gasteiger partial charge on any atom is 0.573 e. The van der Waals surface area contributed by atoms with Crippen molar-refractivity contribution in [1.29, 1.82) is 0 Å². The lowest BCUT2D eigenvalue weighted by Crippen LogP contribution is -2.34. The lowest BCUT2D eigenvalue weighted by molar-refractivity contribution is -0.274. The quantitative estimate of drug-likeness (QED) is 0.734. The second-order valence-corrected chi connectivity index (χ2v) is 6.79. The van der Waals surface area contributed by atoms with Crippen LogP contribution in [-0.4, -0.2) is 37.4 Å². The van der Waals surface area contributed by atoms with Gasteiger partial charge in [-0.05, 0) is 48.7 Å². The predicted octanol–water partition coefficient (Wildman–Crippen LogP) is 5.00. The third kappa shape index (κ3) is 5.18. The van der Waals surface area contributed by atoms with Crippen LogP contribution >= 0.6 is 0 Å². The molecule has 1 atom stereocenters.